The Bertz CT molecular complexity index is 1020. The van der Waals surface area contributed by atoms with Gasteiger partial charge in [-0.15, -0.1) is 0 Å². The quantitative estimate of drug-likeness (QED) is 0.206. The van der Waals surface area contributed by atoms with E-state index < -0.39 is 46.7 Å². The Balaban J connectivity index is 2.10. The molecule has 0 amide bonds. The first-order valence-corrected chi connectivity index (χ1v) is 11.5. The van der Waals surface area contributed by atoms with Crippen molar-refractivity contribution >= 4 is 23.9 Å². The van der Waals surface area contributed by atoms with Crippen LogP contribution in [0.15, 0.2) is 72.8 Å². The van der Waals surface area contributed by atoms with Crippen LogP contribution in [0.25, 0.3) is 0 Å². The van der Waals surface area contributed by atoms with Crippen LogP contribution in [0.1, 0.15) is 13.8 Å². The predicted molar refractivity (Wildman–Crippen MR) is 131 cm³/mol. The fourth-order valence-electron chi connectivity index (χ4n) is 3.83. The number of hydrogen-bond acceptors (Lipinski definition) is 8. The van der Waals surface area contributed by atoms with Crippen LogP contribution in [0.3, 0.4) is 0 Å². The summed E-state index contributed by atoms with van der Waals surface area (Å²) in [6.45, 7) is 5.21. The van der Waals surface area contributed by atoms with Gasteiger partial charge in [-0.3, -0.25) is 14.4 Å². The number of carbonyl (C=O) groups excluding carboxylic acids is 2. The van der Waals surface area contributed by atoms with Gasteiger partial charge < -0.3 is 29.2 Å². The molecule has 37 heavy (non-hydrogen) atoms. The van der Waals surface area contributed by atoms with E-state index in [4.69, 9.17) is 18.9 Å². The number of benzene rings is 2. The maximum absolute atomic E-state index is 12.8. The highest BCUT2D eigenvalue weighted by Gasteiger charge is 2.58. The number of carbonyl (C=O) groups is 4. The minimum Gasteiger partial charge on any atom is -0.490 e. The zero-order valence-electron chi connectivity index (χ0n) is 20.6. The monoisotopic (exact) mass is 514 g/mol. The van der Waals surface area contributed by atoms with Crippen LogP contribution in [0.2, 0.25) is 0 Å². The van der Waals surface area contributed by atoms with Crippen LogP contribution in [0.5, 0.6) is 11.5 Å². The van der Waals surface area contributed by atoms with E-state index in [1.807, 2.05) is 0 Å². The van der Waals surface area contributed by atoms with Crippen LogP contribution in [-0.2, 0) is 28.7 Å². The van der Waals surface area contributed by atoms with Gasteiger partial charge in [0, 0.05) is 5.57 Å². The third kappa shape index (κ3) is 7.33. The van der Waals surface area contributed by atoms with Crippen LogP contribution < -0.4 is 9.47 Å². The number of aliphatic carboxylic acids is 2. The van der Waals surface area contributed by atoms with Crippen molar-refractivity contribution in [3.8, 4) is 11.5 Å². The smallest absolute Gasteiger partial charge is 0.332 e. The van der Waals surface area contributed by atoms with E-state index >= 15 is 0 Å². The van der Waals surface area contributed by atoms with E-state index in [9.17, 15) is 29.4 Å². The number of hydrogen-bond donors (Lipinski definition) is 2. The van der Waals surface area contributed by atoms with Gasteiger partial charge >= 0.3 is 23.9 Å². The zero-order valence-corrected chi connectivity index (χ0v) is 20.6. The fraction of sp³-hybridized carbons (Fsp3) is 0.333. The van der Waals surface area contributed by atoms with E-state index in [0.717, 1.165) is 0 Å². The highest BCUT2D eigenvalue weighted by molar-refractivity contribution is 6.01. The Morgan fingerprint density at radius 3 is 1.43 bits per heavy atom. The van der Waals surface area contributed by atoms with Crippen molar-refractivity contribution in [1.82, 2.24) is 0 Å². The molecule has 10 nitrogen and oxygen atoms in total. The molecule has 0 radical (unpaired) electrons. The molecule has 0 aliphatic heterocycles. The van der Waals surface area contributed by atoms with Crippen molar-refractivity contribution in [3.05, 3.63) is 72.8 Å². The molecule has 2 N–H and O–H groups in total. The molecule has 0 saturated heterocycles. The third-order valence-electron chi connectivity index (χ3n) is 5.86. The van der Waals surface area contributed by atoms with Crippen LogP contribution in [-0.4, -0.2) is 60.5 Å². The lowest BCUT2D eigenvalue weighted by atomic mass is 9.63. The summed E-state index contributed by atoms with van der Waals surface area (Å²) in [5, 5.41) is 19.7. The maximum Gasteiger partial charge on any atom is 0.332 e. The van der Waals surface area contributed by atoms with Crippen LogP contribution in [0, 0.1) is 17.3 Å². The van der Waals surface area contributed by atoms with E-state index in [-0.39, 0.29) is 26.4 Å². The van der Waals surface area contributed by atoms with Gasteiger partial charge in [0.05, 0.1) is 11.8 Å². The molecule has 2 rings (SSSR count). The van der Waals surface area contributed by atoms with Gasteiger partial charge in [-0.2, -0.15) is 0 Å². The Morgan fingerprint density at radius 1 is 0.730 bits per heavy atom. The number of esters is 2. The lowest BCUT2D eigenvalue weighted by Gasteiger charge is -2.37. The molecule has 2 atom stereocenters. The number of ether oxygens (including phenoxy) is 4. The molecule has 2 aromatic carbocycles. The molecule has 0 heterocycles. The van der Waals surface area contributed by atoms with E-state index in [1.165, 1.54) is 13.8 Å². The summed E-state index contributed by atoms with van der Waals surface area (Å²) < 4.78 is 21.2. The third-order valence-corrected chi connectivity index (χ3v) is 5.86. The summed E-state index contributed by atoms with van der Waals surface area (Å²) in [6.07, 6.45) is 0. The lowest BCUT2D eigenvalue weighted by molar-refractivity contribution is -0.174. The second-order valence-electron chi connectivity index (χ2n) is 8.06. The van der Waals surface area contributed by atoms with Crippen molar-refractivity contribution in [2.45, 2.75) is 13.8 Å². The summed E-state index contributed by atoms with van der Waals surface area (Å²) in [4.78, 5) is 50.0. The normalized spacial score (nSPS) is 13.8. The molecule has 0 saturated carbocycles. The summed E-state index contributed by atoms with van der Waals surface area (Å²) in [5.41, 5.74) is -3.39. The van der Waals surface area contributed by atoms with Crippen molar-refractivity contribution in [1.29, 1.82) is 0 Å². The fourth-order valence-corrected chi connectivity index (χ4v) is 3.83. The Labute approximate surface area is 214 Å². The van der Waals surface area contributed by atoms with Gasteiger partial charge in [-0.25, -0.2) is 4.79 Å². The van der Waals surface area contributed by atoms with Gasteiger partial charge in [-0.05, 0) is 24.3 Å². The standard InChI is InChI=1S/C27H30O10/c1-18(23(28)29)27(26(32)33,19(2)24(30)36-16-14-34-21-10-6-4-7-11-21)20(3)25(31)37-17-15-35-22-12-8-5-9-13-22/h4-13,19-20H,1,14-17H2,2-3H3,(H,28,29)(H,32,33). The number of carboxylic acids is 2. The second-order valence-corrected chi connectivity index (χ2v) is 8.06. The van der Waals surface area contributed by atoms with Crippen LogP contribution in [0.4, 0.5) is 0 Å². The van der Waals surface area contributed by atoms with E-state index in [2.05, 4.69) is 6.58 Å². The van der Waals surface area contributed by atoms with Gasteiger partial charge in [0.25, 0.3) is 0 Å². The largest absolute Gasteiger partial charge is 0.490 e. The molecule has 0 fully saturated rings. The molecular weight excluding hydrogens is 484 g/mol. The van der Waals surface area contributed by atoms with Gasteiger partial charge in [-0.1, -0.05) is 56.8 Å². The summed E-state index contributed by atoms with van der Waals surface area (Å²) >= 11 is 0. The molecule has 0 bridgehead atoms. The average molecular weight is 515 g/mol. The molecule has 0 aliphatic rings. The van der Waals surface area contributed by atoms with E-state index in [1.54, 1.807) is 60.7 Å². The molecule has 2 unspecified atom stereocenters. The first-order valence-electron chi connectivity index (χ1n) is 11.5. The van der Waals surface area contributed by atoms with Crippen molar-refractivity contribution in [2.75, 3.05) is 26.4 Å². The molecule has 0 aliphatic carbocycles. The van der Waals surface area contributed by atoms with Gasteiger partial charge in [0.15, 0.2) is 0 Å². The topological polar surface area (TPSA) is 146 Å². The Kier molecular flexibility index (Phi) is 10.7. The summed E-state index contributed by atoms with van der Waals surface area (Å²) in [7, 11) is 0. The van der Waals surface area contributed by atoms with Crippen LogP contribution >= 0.6 is 0 Å². The van der Waals surface area contributed by atoms with Crippen molar-refractivity contribution in [3.63, 3.8) is 0 Å². The van der Waals surface area contributed by atoms with Crippen molar-refractivity contribution in [2.24, 2.45) is 17.3 Å². The van der Waals surface area contributed by atoms with E-state index in [0.29, 0.717) is 11.5 Å². The summed E-state index contributed by atoms with van der Waals surface area (Å²) in [5.74, 6) is -7.60. The number of rotatable bonds is 15. The number of para-hydroxylation sites is 2. The zero-order chi connectivity index (χ0) is 27.4. The Hall–Kier alpha value is -4.34. The van der Waals surface area contributed by atoms with Crippen molar-refractivity contribution < 1.29 is 48.3 Å². The first-order chi connectivity index (χ1) is 17.6. The second kappa shape index (κ2) is 13.7. The minimum absolute atomic E-state index is 0.0264. The molecular formula is C27H30O10. The Morgan fingerprint density at radius 2 is 1.11 bits per heavy atom. The van der Waals surface area contributed by atoms with Gasteiger partial charge in [0.2, 0.25) is 0 Å². The number of carboxylic acid groups (broad SMARTS) is 2. The SMILES string of the molecule is C=C(C(=O)O)C(C(=O)O)(C(C)C(=O)OCCOc1ccccc1)C(C)C(=O)OCCOc1ccccc1. The first kappa shape index (κ1) is 28.9. The maximum atomic E-state index is 12.8. The van der Waals surface area contributed by atoms with Gasteiger partial charge in [0.1, 0.15) is 43.3 Å². The average Bonchev–Trinajstić information content (AvgIpc) is 2.89. The summed E-state index contributed by atoms with van der Waals surface area (Å²) in [6, 6.07) is 17.5. The lowest BCUT2D eigenvalue weighted by Crippen LogP contribution is -2.52. The molecule has 198 valence electrons. The highest BCUT2D eigenvalue weighted by atomic mass is 16.6. The molecule has 0 aromatic heterocycles. The minimum atomic E-state index is -2.54. The highest BCUT2D eigenvalue weighted by Crippen LogP contribution is 2.44. The molecule has 10 heteroatoms. The molecule has 2 aromatic rings. The molecule has 0 spiro atoms. The predicted octanol–water partition coefficient (Wildman–Crippen LogP) is 3.21.